The highest BCUT2D eigenvalue weighted by Gasteiger charge is 2.40. The fourth-order valence-corrected chi connectivity index (χ4v) is 9.07. The number of carboxylic acid groups (broad SMARTS) is 2. The predicted octanol–water partition coefficient (Wildman–Crippen LogP) is -10.7. The Morgan fingerprint density at radius 1 is 0.457 bits per heavy atom. The van der Waals surface area contributed by atoms with Gasteiger partial charge in [-0.05, 0) is 104 Å². The van der Waals surface area contributed by atoms with E-state index in [1.54, 1.807) is 0 Å². The molecule has 0 bridgehead atoms. The Balaban J connectivity index is 3.70. The second kappa shape index (κ2) is 42.9. The van der Waals surface area contributed by atoms with E-state index in [1.807, 2.05) is 0 Å². The first kappa shape index (κ1) is 81.9. The molecule has 10 amide bonds. The van der Waals surface area contributed by atoms with Gasteiger partial charge in [-0.1, -0.05) is 0 Å². The third-order valence-electron chi connectivity index (χ3n) is 14.0. The van der Waals surface area contributed by atoms with Crippen LogP contribution < -0.4 is 106 Å². The summed E-state index contributed by atoms with van der Waals surface area (Å²) in [6.07, 6.45) is -2.68. The Morgan fingerprint density at radius 2 is 0.766 bits per heavy atom. The number of amides is 10. The number of nitrogens with zero attached hydrogens (tertiary/aromatic N) is 7. The highest BCUT2D eigenvalue weighted by molar-refractivity contribution is 5.99. The lowest BCUT2D eigenvalue weighted by Gasteiger charge is -2.29. The standard InChI is InChI=1S/C53H98N26O15/c1-26(39(85)70-27(2)40(86)77-34(15-9-23-69-53(63)64)47(93)78(4)25-37(83)84)71-41(87)29(11-5-19-65-49(55)56)72-42(88)30(12-6-20-66-50(57)58)73-43(89)31(13-7-21-67-51(59)60)74-45(91)33(17-18-36(81)82)75-44(90)32(14-8-22-68-52(61)62)76-46(92)35-16-10-24-79(35)48(94)38(54)28(3)80/h26-35,38,80H,5-25,54H2,1-4H3,(H,70,85)(H,71,87)(H,72,88)(H,73,89)(H,74,91)(H,75,90)(H,76,92)(H,77,86)(H,81,82)(H,83,84)(H4,55,56,65)(H4,57,58,66)(H4,59,60,67)(H4,61,62,68)(H4,63,64,69)/t26-,27-,28+,29-,30-,31-,32-,33-,34-,35-,38-/m0/s1. The number of carbonyl (C=O) groups excluding carboxylic acids is 10. The van der Waals surface area contributed by atoms with Crippen molar-refractivity contribution in [2.75, 3.05) is 52.9 Å². The minimum atomic E-state index is -1.73. The molecule has 0 aromatic carbocycles. The molecule has 0 aromatic rings. The van der Waals surface area contributed by atoms with E-state index in [2.05, 4.69) is 67.5 Å². The molecule has 1 rings (SSSR count). The molecule has 0 unspecified atom stereocenters. The van der Waals surface area contributed by atoms with Crippen molar-refractivity contribution in [1.82, 2.24) is 52.3 Å². The number of likely N-dealkylation sites (tertiary alicyclic amines) is 1. The molecule has 41 heteroatoms. The van der Waals surface area contributed by atoms with E-state index in [4.69, 9.17) is 63.1 Å². The number of hydrogen-bond donors (Lipinski definition) is 22. The topological polar surface area (TPSA) is 716 Å². The number of likely N-dealkylation sites (N-methyl/N-ethyl adjacent to an activating group) is 1. The van der Waals surface area contributed by atoms with Crippen molar-refractivity contribution in [3.05, 3.63) is 0 Å². The summed E-state index contributed by atoms with van der Waals surface area (Å²) in [5.74, 6) is -13.4. The summed E-state index contributed by atoms with van der Waals surface area (Å²) in [4.78, 5) is 184. The highest BCUT2D eigenvalue weighted by Crippen LogP contribution is 2.20. The van der Waals surface area contributed by atoms with Crippen molar-refractivity contribution >= 4 is 101 Å². The number of carbonyl (C=O) groups is 12. The number of rotatable bonds is 44. The smallest absolute Gasteiger partial charge is 0.323 e. The summed E-state index contributed by atoms with van der Waals surface area (Å²) >= 11 is 0. The van der Waals surface area contributed by atoms with Crippen molar-refractivity contribution in [2.24, 2.45) is 88.0 Å². The fourth-order valence-electron chi connectivity index (χ4n) is 9.07. The first-order chi connectivity index (χ1) is 44.1. The molecule has 94 heavy (non-hydrogen) atoms. The first-order valence-electron chi connectivity index (χ1n) is 30.2. The van der Waals surface area contributed by atoms with Crippen molar-refractivity contribution in [3.63, 3.8) is 0 Å². The third kappa shape index (κ3) is 32.8. The van der Waals surface area contributed by atoms with Gasteiger partial charge in [-0.3, -0.25) is 82.5 Å². The van der Waals surface area contributed by atoms with E-state index in [0.717, 1.165) is 4.90 Å². The number of guanidine groups is 5. The zero-order chi connectivity index (χ0) is 71.4. The number of aliphatic hydroxyl groups is 1. The van der Waals surface area contributed by atoms with Crippen LogP contribution in [0.3, 0.4) is 0 Å². The fraction of sp³-hybridized carbons (Fsp3) is 0.679. The molecule has 1 aliphatic rings. The second-order valence-electron chi connectivity index (χ2n) is 22.0. The molecule has 0 aliphatic carbocycles. The first-order valence-corrected chi connectivity index (χ1v) is 30.2. The van der Waals surface area contributed by atoms with Gasteiger partial charge < -0.3 is 131 Å². The van der Waals surface area contributed by atoms with Gasteiger partial charge in [0.1, 0.15) is 67.0 Å². The molecule has 1 aliphatic heterocycles. The van der Waals surface area contributed by atoms with E-state index >= 15 is 0 Å². The maximum atomic E-state index is 14.6. The molecule has 0 aromatic heterocycles. The Labute approximate surface area is 542 Å². The minimum absolute atomic E-state index is 0.00541. The van der Waals surface area contributed by atoms with Gasteiger partial charge in [0.05, 0.1) is 6.10 Å². The molecule has 1 heterocycles. The Morgan fingerprint density at radius 3 is 1.11 bits per heavy atom. The molecular weight excluding hydrogens is 1240 g/mol. The quantitative estimate of drug-likeness (QED) is 0.0153. The van der Waals surface area contributed by atoms with Crippen LogP contribution in [-0.4, -0.2) is 245 Å². The van der Waals surface area contributed by atoms with Crippen LogP contribution in [0.2, 0.25) is 0 Å². The molecule has 11 atom stereocenters. The number of carboxylic acids is 2. The Bertz CT molecular complexity index is 2730. The normalized spacial score (nSPS) is 15.6. The molecule has 530 valence electrons. The van der Waals surface area contributed by atoms with Gasteiger partial charge >= 0.3 is 11.9 Å². The van der Waals surface area contributed by atoms with Crippen molar-refractivity contribution in [2.45, 2.75) is 177 Å². The van der Waals surface area contributed by atoms with Gasteiger partial charge in [-0.2, -0.15) is 0 Å². The molecule has 1 saturated heterocycles. The minimum Gasteiger partial charge on any atom is -0.481 e. The molecule has 0 spiro atoms. The largest absolute Gasteiger partial charge is 0.481 e. The van der Waals surface area contributed by atoms with E-state index in [-0.39, 0.29) is 140 Å². The van der Waals surface area contributed by atoms with Crippen LogP contribution in [0.1, 0.15) is 111 Å². The summed E-state index contributed by atoms with van der Waals surface area (Å²) in [6, 6.07) is -14.5. The Hall–Kier alpha value is -10.1. The van der Waals surface area contributed by atoms with Gasteiger partial charge in [0.25, 0.3) is 0 Å². The van der Waals surface area contributed by atoms with Crippen molar-refractivity contribution in [3.8, 4) is 0 Å². The summed E-state index contributed by atoms with van der Waals surface area (Å²) in [6.45, 7) is 3.02. The molecule has 41 nitrogen and oxygen atoms in total. The van der Waals surface area contributed by atoms with E-state index in [1.165, 1.54) is 32.7 Å². The SMILES string of the molecule is C[C@H](NC(=O)[C@H](C)NC(=O)[C@H](CCCN=C(N)N)NC(=O)[C@H](CCCN=C(N)N)NC(=O)[C@H](CCCN=C(N)N)NC(=O)[C@H](CCC(=O)O)NC(=O)[C@H](CCCN=C(N)N)NC(=O)[C@@H]1CCCN1C(=O)[C@@H](N)[C@@H](C)O)C(=O)N[C@@H](CCCN=C(N)N)C(=O)N(C)CC(=O)O. The average Bonchev–Trinajstić information content (AvgIpc) is 1.63. The predicted molar refractivity (Wildman–Crippen MR) is 343 cm³/mol. The number of nitrogens with two attached hydrogens (primary N) is 11. The van der Waals surface area contributed by atoms with Crippen LogP contribution in [0, 0.1) is 0 Å². The molecule has 0 radical (unpaired) electrons. The molecular formula is C53H98N26O15. The van der Waals surface area contributed by atoms with Crippen LogP contribution in [0.15, 0.2) is 25.0 Å². The number of aliphatic hydroxyl groups excluding tert-OH is 1. The zero-order valence-corrected chi connectivity index (χ0v) is 53.4. The summed E-state index contributed by atoms with van der Waals surface area (Å²) in [5, 5.41) is 49.1. The van der Waals surface area contributed by atoms with E-state index in [9.17, 15) is 72.9 Å². The van der Waals surface area contributed by atoms with Crippen molar-refractivity contribution < 1.29 is 72.9 Å². The maximum absolute atomic E-state index is 14.6. The molecule has 1 fully saturated rings. The van der Waals surface area contributed by atoms with Crippen LogP contribution in [0.4, 0.5) is 0 Å². The van der Waals surface area contributed by atoms with Crippen LogP contribution in [0.25, 0.3) is 0 Å². The number of aliphatic imine (C=N–C) groups is 5. The van der Waals surface area contributed by atoms with Crippen LogP contribution >= 0.6 is 0 Å². The lowest BCUT2D eigenvalue weighted by molar-refractivity contribution is -0.145. The van der Waals surface area contributed by atoms with Crippen molar-refractivity contribution in [1.29, 1.82) is 0 Å². The zero-order valence-electron chi connectivity index (χ0n) is 53.4. The third-order valence-corrected chi connectivity index (χ3v) is 14.0. The number of hydrogen-bond acceptors (Lipinski definition) is 19. The lowest BCUT2D eigenvalue weighted by atomic mass is 10.0. The Kier molecular flexibility index (Phi) is 37.4. The number of aliphatic carboxylic acids is 2. The monoisotopic (exact) mass is 1340 g/mol. The molecule has 33 N–H and O–H groups in total. The van der Waals surface area contributed by atoms with Crippen LogP contribution in [-0.2, 0) is 57.5 Å². The van der Waals surface area contributed by atoms with Crippen LogP contribution in [0.5, 0.6) is 0 Å². The number of nitrogens with one attached hydrogen (secondary N) is 8. The van der Waals surface area contributed by atoms with Gasteiger partial charge in [0.2, 0.25) is 59.1 Å². The van der Waals surface area contributed by atoms with Gasteiger partial charge in [0.15, 0.2) is 29.8 Å². The van der Waals surface area contributed by atoms with Gasteiger partial charge in [-0.15, -0.1) is 0 Å². The summed E-state index contributed by atoms with van der Waals surface area (Å²) in [5.41, 5.74) is 60.8. The molecule has 0 saturated carbocycles. The van der Waals surface area contributed by atoms with E-state index < -0.39 is 157 Å². The van der Waals surface area contributed by atoms with E-state index in [0.29, 0.717) is 6.42 Å². The highest BCUT2D eigenvalue weighted by atomic mass is 16.4. The van der Waals surface area contributed by atoms with Gasteiger partial charge in [-0.25, -0.2) is 0 Å². The summed E-state index contributed by atoms with van der Waals surface area (Å²) in [7, 11) is 1.21. The maximum Gasteiger partial charge on any atom is 0.323 e. The average molecular weight is 1340 g/mol. The second-order valence-corrected chi connectivity index (χ2v) is 22.0. The lowest BCUT2D eigenvalue weighted by Crippen LogP contribution is -2.60. The van der Waals surface area contributed by atoms with Gasteiger partial charge in [0, 0.05) is 52.7 Å². The summed E-state index contributed by atoms with van der Waals surface area (Å²) < 4.78 is 0.